The molecule has 8 heteroatoms. The van der Waals surface area contributed by atoms with Crippen molar-refractivity contribution in [2.24, 2.45) is 0 Å². The van der Waals surface area contributed by atoms with Gasteiger partial charge in [0.25, 0.3) is 5.56 Å². The Balaban J connectivity index is 1.54. The second-order valence-corrected chi connectivity index (χ2v) is 10.9. The summed E-state index contributed by atoms with van der Waals surface area (Å²) in [6.45, 7) is 2.13. The van der Waals surface area contributed by atoms with Gasteiger partial charge in [0.05, 0.1) is 16.3 Å². The standard InChI is InChI=1S/C21H24BrN3O2S2/c1-13-11-17-19(29-13)20(27)25(16-5-3-2-4-6-16)21(24-17)28-12-18(26)23-15-9-7-14(22)8-10-15/h7-10,13,16H,2-6,11-12H2,1H3,(H,23,26). The molecule has 2 aliphatic rings. The average Bonchev–Trinajstić information content (AvgIpc) is 3.09. The first kappa shape index (κ1) is 21.0. The van der Waals surface area contributed by atoms with Crippen LogP contribution in [-0.4, -0.2) is 26.5 Å². The highest BCUT2D eigenvalue weighted by molar-refractivity contribution is 9.10. The Labute approximate surface area is 187 Å². The fraction of sp³-hybridized carbons (Fsp3) is 0.476. The van der Waals surface area contributed by atoms with Gasteiger partial charge in [0.2, 0.25) is 5.91 Å². The third-order valence-electron chi connectivity index (χ3n) is 5.31. The van der Waals surface area contributed by atoms with E-state index in [-0.39, 0.29) is 23.3 Å². The molecule has 4 rings (SSSR count). The number of nitrogens with zero attached hydrogens (tertiary/aromatic N) is 2. The first-order valence-electron chi connectivity index (χ1n) is 10.0. The van der Waals surface area contributed by atoms with Crippen LogP contribution in [0.25, 0.3) is 0 Å². The van der Waals surface area contributed by atoms with E-state index < -0.39 is 0 Å². The highest BCUT2D eigenvalue weighted by atomic mass is 79.9. The molecule has 1 atom stereocenters. The van der Waals surface area contributed by atoms with Crippen LogP contribution in [0.5, 0.6) is 0 Å². The number of benzene rings is 1. The summed E-state index contributed by atoms with van der Waals surface area (Å²) >= 11 is 6.41. The van der Waals surface area contributed by atoms with Crippen LogP contribution in [0.4, 0.5) is 5.69 Å². The molecule has 0 saturated heterocycles. The summed E-state index contributed by atoms with van der Waals surface area (Å²) < 4.78 is 2.86. The minimum absolute atomic E-state index is 0.0899. The van der Waals surface area contributed by atoms with Crippen molar-refractivity contribution in [3.63, 3.8) is 0 Å². The molecule has 1 aliphatic heterocycles. The van der Waals surface area contributed by atoms with Gasteiger partial charge in [0.1, 0.15) is 0 Å². The van der Waals surface area contributed by atoms with Gasteiger partial charge in [0.15, 0.2) is 5.16 Å². The second kappa shape index (κ2) is 9.27. The number of carbonyl (C=O) groups excluding carboxylic acids is 1. The molecule has 1 fully saturated rings. The molecule has 1 aliphatic carbocycles. The third kappa shape index (κ3) is 4.91. The van der Waals surface area contributed by atoms with Crippen molar-refractivity contribution >= 4 is 51.0 Å². The number of halogens is 1. The average molecular weight is 494 g/mol. The fourth-order valence-electron chi connectivity index (χ4n) is 3.94. The summed E-state index contributed by atoms with van der Waals surface area (Å²) in [6, 6.07) is 7.70. The number of carbonyl (C=O) groups is 1. The van der Waals surface area contributed by atoms with Crippen molar-refractivity contribution in [3.8, 4) is 0 Å². The summed E-state index contributed by atoms with van der Waals surface area (Å²) in [6.07, 6.45) is 6.36. The van der Waals surface area contributed by atoms with Crippen LogP contribution in [0, 0.1) is 0 Å². The zero-order chi connectivity index (χ0) is 20.4. The summed E-state index contributed by atoms with van der Waals surface area (Å²) in [7, 11) is 0. The molecule has 2 heterocycles. The van der Waals surface area contributed by atoms with Gasteiger partial charge in [-0.1, -0.05) is 53.9 Å². The summed E-state index contributed by atoms with van der Waals surface area (Å²) in [4.78, 5) is 31.4. The Morgan fingerprint density at radius 1 is 1.28 bits per heavy atom. The number of nitrogens with one attached hydrogen (secondary N) is 1. The van der Waals surface area contributed by atoms with Crippen molar-refractivity contribution in [3.05, 3.63) is 44.8 Å². The normalized spacial score (nSPS) is 19.2. The molecule has 0 spiro atoms. The van der Waals surface area contributed by atoms with Crippen LogP contribution in [0.1, 0.15) is 50.8 Å². The number of fused-ring (bicyclic) bond motifs is 1. The smallest absolute Gasteiger partial charge is 0.268 e. The minimum Gasteiger partial charge on any atom is -0.325 e. The predicted molar refractivity (Wildman–Crippen MR) is 123 cm³/mol. The molecular formula is C21H24BrN3O2S2. The van der Waals surface area contributed by atoms with Crippen LogP contribution >= 0.6 is 39.5 Å². The van der Waals surface area contributed by atoms with Crippen LogP contribution in [0.15, 0.2) is 43.6 Å². The van der Waals surface area contributed by atoms with E-state index in [1.165, 1.54) is 18.2 Å². The molecule has 1 unspecified atom stereocenters. The van der Waals surface area contributed by atoms with Gasteiger partial charge < -0.3 is 5.32 Å². The molecule has 1 saturated carbocycles. The first-order chi connectivity index (χ1) is 14.0. The lowest BCUT2D eigenvalue weighted by molar-refractivity contribution is -0.113. The van der Waals surface area contributed by atoms with Gasteiger partial charge in [0, 0.05) is 27.9 Å². The van der Waals surface area contributed by atoms with Gasteiger partial charge >= 0.3 is 0 Å². The van der Waals surface area contributed by atoms with E-state index in [4.69, 9.17) is 4.98 Å². The van der Waals surface area contributed by atoms with Crippen LogP contribution in [0.3, 0.4) is 0 Å². The highest BCUT2D eigenvalue weighted by Crippen LogP contribution is 2.37. The zero-order valence-electron chi connectivity index (χ0n) is 16.3. The maximum absolute atomic E-state index is 13.3. The molecule has 29 heavy (non-hydrogen) atoms. The lowest BCUT2D eigenvalue weighted by atomic mass is 9.95. The lowest BCUT2D eigenvalue weighted by Gasteiger charge is -2.26. The maximum atomic E-state index is 13.3. The van der Waals surface area contributed by atoms with E-state index in [0.717, 1.165) is 52.9 Å². The maximum Gasteiger partial charge on any atom is 0.268 e. The van der Waals surface area contributed by atoms with Gasteiger partial charge in [-0.05, 0) is 37.1 Å². The van der Waals surface area contributed by atoms with Gasteiger partial charge in [-0.25, -0.2) is 4.98 Å². The highest BCUT2D eigenvalue weighted by Gasteiger charge is 2.29. The van der Waals surface area contributed by atoms with E-state index in [1.54, 1.807) is 11.8 Å². The minimum atomic E-state index is -0.0926. The quantitative estimate of drug-likeness (QED) is 0.453. The van der Waals surface area contributed by atoms with E-state index >= 15 is 0 Å². The van der Waals surface area contributed by atoms with Crippen LogP contribution in [-0.2, 0) is 11.2 Å². The molecular weight excluding hydrogens is 470 g/mol. The number of anilines is 1. The number of thioether (sulfide) groups is 2. The molecule has 2 aromatic rings. The Kier molecular flexibility index (Phi) is 6.71. The van der Waals surface area contributed by atoms with Crippen molar-refractivity contribution < 1.29 is 4.79 Å². The summed E-state index contributed by atoms with van der Waals surface area (Å²) in [5.41, 5.74) is 1.75. The van der Waals surface area contributed by atoms with Crippen molar-refractivity contribution in [1.29, 1.82) is 0 Å². The summed E-state index contributed by atoms with van der Waals surface area (Å²) in [5, 5.41) is 3.99. The number of amides is 1. The number of hydrogen-bond acceptors (Lipinski definition) is 5. The monoisotopic (exact) mass is 493 g/mol. The van der Waals surface area contributed by atoms with E-state index in [2.05, 4.69) is 28.2 Å². The van der Waals surface area contributed by atoms with Crippen LogP contribution < -0.4 is 10.9 Å². The topological polar surface area (TPSA) is 64.0 Å². The van der Waals surface area contributed by atoms with Crippen molar-refractivity contribution in [2.45, 2.75) is 66.8 Å². The second-order valence-electron chi connectivity index (χ2n) is 7.61. The largest absolute Gasteiger partial charge is 0.325 e. The zero-order valence-corrected chi connectivity index (χ0v) is 19.5. The molecule has 154 valence electrons. The number of aromatic nitrogens is 2. The first-order valence-corrected chi connectivity index (χ1v) is 12.7. The van der Waals surface area contributed by atoms with E-state index in [0.29, 0.717) is 10.4 Å². The Morgan fingerprint density at radius 3 is 2.72 bits per heavy atom. The Bertz CT molecular complexity index is 956. The fourth-order valence-corrected chi connectivity index (χ4v) is 6.19. The third-order valence-corrected chi connectivity index (χ3v) is 8.01. The molecule has 1 amide bonds. The molecule has 0 bridgehead atoms. The molecule has 0 radical (unpaired) electrons. The molecule has 1 N–H and O–H groups in total. The van der Waals surface area contributed by atoms with E-state index in [1.807, 2.05) is 28.8 Å². The molecule has 5 nitrogen and oxygen atoms in total. The van der Waals surface area contributed by atoms with Crippen molar-refractivity contribution in [2.75, 3.05) is 11.1 Å². The predicted octanol–water partition coefficient (Wildman–Crippen LogP) is 5.28. The molecule has 1 aromatic carbocycles. The van der Waals surface area contributed by atoms with Gasteiger partial charge in [-0.3, -0.25) is 14.2 Å². The summed E-state index contributed by atoms with van der Waals surface area (Å²) in [5.74, 6) is 0.140. The Hall–Kier alpha value is -1.25. The van der Waals surface area contributed by atoms with Gasteiger partial charge in [-0.15, -0.1) is 11.8 Å². The number of hydrogen-bond donors (Lipinski definition) is 1. The Morgan fingerprint density at radius 2 is 2.00 bits per heavy atom. The van der Waals surface area contributed by atoms with Gasteiger partial charge in [-0.2, -0.15) is 0 Å². The number of rotatable bonds is 5. The molecule has 1 aromatic heterocycles. The van der Waals surface area contributed by atoms with Crippen molar-refractivity contribution in [1.82, 2.24) is 9.55 Å². The SMILES string of the molecule is CC1Cc2nc(SCC(=O)Nc3ccc(Br)cc3)n(C3CCCCC3)c(=O)c2S1. The van der Waals surface area contributed by atoms with E-state index in [9.17, 15) is 9.59 Å². The van der Waals surface area contributed by atoms with Crippen LogP contribution in [0.2, 0.25) is 0 Å². The lowest BCUT2D eigenvalue weighted by Crippen LogP contribution is -2.30.